The average Bonchev–Trinajstić information content (AvgIpc) is 3.13. The summed E-state index contributed by atoms with van der Waals surface area (Å²) in [7, 11) is 0. The number of alkyl halides is 2. The first kappa shape index (κ1) is 21.2. The van der Waals surface area contributed by atoms with Gasteiger partial charge in [-0.15, -0.1) is 0 Å². The third kappa shape index (κ3) is 3.84. The van der Waals surface area contributed by atoms with E-state index in [9.17, 15) is 9.50 Å². The molecule has 170 valence electrons. The smallest absolute Gasteiger partial charge is 0.159 e. The summed E-state index contributed by atoms with van der Waals surface area (Å²) in [4.78, 5) is 12.9. The number of aromatic nitrogens is 4. The molecular formula is C23H28F2N6O. The summed E-state index contributed by atoms with van der Waals surface area (Å²) in [6, 6.07) is 5.96. The molecule has 0 saturated carbocycles. The number of benzene rings is 1. The summed E-state index contributed by atoms with van der Waals surface area (Å²) in [5, 5.41) is 15.2. The van der Waals surface area contributed by atoms with E-state index in [4.69, 9.17) is 0 Å². The Morgan fingerprint density at radius 2 is 1.88 bits per heavy atom. The van der Waals surface area contributed by atoms with Crippen LogP contribution in [0.15, 0.2) is 24.4 Å². The number of piperidine rings is 1. The molecule has 2 aromatic heterocycles. The Kier molecular flexibility index (Phi) is 5.54. The first-order valence-electron chi connectivity index (χ1n) is 11.1. The zero-order valence-corrected chi connectivity index (χ0v) is 18.4. The molecule has 2 atom stereocenters. The molecule has 2 aliphatic heterocycles. The van der Waals surface area contributed by atoms with E-state index in [1.807, 2.05) is 35.8 Å². The topological polar surface area (TPSA) is 70.3 Å². The number of nitrogens with zero attached hydrogens (tertiary/aromatic N) is 6. The van der Waals surface area contributed by atoms with Gasteiger partial charge in [-0.2, -0.15) is 5.10 Å². The highest BCUT2D eigenvalue weighted by molar-refractivity contribution is 5.82. The summed E-state index contributed by atoms with van der Waals surface area (Å²) in [6.07, 6.45) is 1.10. The first-order valence-corrected chi connectivity index (χ1v) is 11.1. The van der Waals surface area contributed by atoms with Gasteiger partial charge in [0.05, 0.1) is 17.8 Å². The zero-order chi connectivity index (χ0) is 22.4. The highest BCUT2D eigenvalue weighted by atomic mass is 19.1. The van der Waals surface area contributed by atoms with E-state index >= 15 is 4.39 Å². The molecule has 9 heteroatoms. The van der Waals surface area contributed by atoms with Crippen LogP contribution < -0.4 is 4.90 Å². The Hall–Kier alpha value is -2.65. The summed E-state index contributed by atoms with van der Waals surface area (Å²) < 4.78 is 29.5. The van der Waals surface area contributed by atoms with Crippen molar-refractivity contribution in [1.82, 2.24) is 24.6 Å². The van der Waals surface area contributed by atoms with Crippen molar-refractivity contribution in [2.24, 2.45) is 0 Å². The normalized spacial score (nSPS) is 22.5. The number of anilines is 1. The standard InChI is InChI=1S/C23H28F2N6O/c1-14-7-16-10-26-31(23-9-22(27-15(2)28-23)30-11-17(32)12-30)21(16)8-19(14)18-3-5-29(6-4-24)13-20(18)25/h7-10,17-18,20,32H,3-6,11-13H2,1-2H3. The average molecular weight is 443 g/mol. The maximum atomic E-state index is 15.1. The van der Waals surface area contributed by atoms with Crippen molar-refractivity contribution >= 4 is 16.7 Å². The number of halogens is 2. The number of β-amino-alcohol motifs (C(OH)–C–C–N with tert-alkyl or cyclic N) is 1. The van der Waals surface area contributed by atoms with Gasteiger partial charge in [-0.25, -0.2) is 23.4 Å². The molecule has 32 heavy (non-hydrogen) atoms. The Morgan fingerprint density at radius 3 is 2.59 bits per heavy atom. The van der Waals surface area contributed by atoms with Gasteiger partial charge in [-0.3, -0.25) is 4.90 Å². The lowest BCUT2D eigenvalue weighted by atomic mass is 9.85. The maximum absolute atomic E-state index is 15.1. The Labute approximate surface area is 185 Å². The summed E-state index contributed by atoms with van der Waals surface area (Å²) in [6.45, 7) is 5.76. The van der Waals surface area contributed by atoms with Gasteiger partial charge in [0, 0.05) is 43.5 Å². The summed E-state index contributed by atoms with van der Waals surface area (Å²) >= 11 is 0. The van der Waals surface area contributed by atoms with Gasteiger partial charge in [0.1, 0.15) is 24.5 Å². The molecule has 2 saturated heterocycles. The van der Waals surface area contributed by atoms with Crippen LogP contribution in [0.3, 0.4) is 0 Å². The first-order chi connectivity index (χ1) is 15.4. The van der Waals surface area contributed by atoms with Crippen molar-refractivity contribution in [3.8, 4) is 5.82 Å². The Balaban J connectivity index is 1.50. The molecule has 2 fully saturated rings. The Bertz CT molecular complexity index is 1130. The fraction of sp³-hybridized carbons (Fsp3) is 0.522. The minimum absolute atomic E-state index is 0.219. The number of hydrogen-bond acceptors (Lipinski definition) is 6. The molecular weight excluding hydrogens is 414 g/mol. The highest BCUT2D eigenvalue weighted by Crippen LogP contribution is 2.35. The number of aliphatic hydroxyl groups is 1. The molecule has 0 aliphatic carbocycles. The summed E-state index contributed by atoms with van der Waals surface area (Å²) in [5.41, 5.74) is 2.89. The number of aliphatic hydroxyl groups excluding tert-OH is 1. The lowest BCUT2D eigenvalue weighted by molar-refractivity contribution is 0.112. The van der Waals surface area contributed by atoms with E-state index in [2.05, 4.69) is 21.1 Å². The third-order valence-electron chi connectivity index (χ3n) is 6.60. The van der Waals surface area contributed by atoms with Crippen molar-refractivity contribution in [3.05, 3.63) is 41.3 Å². The molecule has 5 rings (SSSR count). The molecule has 0 spiro atoms. The van der Waals surface area contributed by atoms with Crippen molar-refractivity contribution < 1.29 is 13.9 Å². The van der Waals surface area contributed by atoms with Crippen LogP contribution in [0.4, 0.5) is 14.6 Å². The molecule has 3 aromatic rings. The third-order valence-corrected chi connectivity index (χ3v) is 6.60. The van der Waals surface area contributed by atoms with Gasteiger partial charge >= 0.3 is 0 Å². The number of aryl methyl sites for hydroxylation is 2. The number of fused-ring (bicyclic) bond motifs is 1. The van der Waals surface area contributed by atoms with Gasteiger partial charge in [0.15, 0.2) is 5.82 Å². The molecule has 1 N–H and O–H groups in total. The second-order valence-electron chi connectivity index (χ2n) is 8.92. The fourth-order valence-corrected chi connectivity index (χ4v) is 4.88. The van der Waals surface area contributed by atoms with Gasteiger partial charge in [-0.05, 0) is 50.1 Å². The molecule has 0 amide bonds. The number of likely N-dealkylation sites (tertiary alicyclic amines) is 1. The van der Waals surface area contributed by atoms with Crippen LogP contribution in [0.1, 0.15) is 29.3 Å². The van der Waals surface area contributed by atoms with E-state index in [1.165, 1.54) is 0 Å². The van der Waals surface area contributed by atoms with E-state index < -0.39 is 12.8 Å². The van der Waals surface area contributed by atoms with Crippen molar-refractivity contribution in [3.63, 3.8) is 0 Å². The predicted octanol–water partition coefficient (Wildman–Crippen LogP) is 2.71. The number of rotatable bonds is 5. The lowest BCUT2D eigenvalue weighted by Crippen LogP contribution is -2.51. The minimum atomic E-state index is -1.03. The second-order valence-corrected chi connectivity index (χ2v) is 8.92. The molecule has 4 heterocycles. The van der Waals surface area contributed by atoms with E-state index in [-0.39, 0.29) is 18.6 Å². The predicted molar refractivity (Wildman–Crippen MR) is 119 cm³/mol. The van der Waals surface area contributed by atoms with Crippen LogP contribution in [-0.2, 0) is 0 Å². The molecule has 2 aliphatic rings. The van der Waals surface area contributed by atoms with Crippen LogP contribution >= 0.6 is 0 Å². The SMILES string of the molecule is Cc1nc(N2CC(O)C2)cc(-n2ncc3cc(C)c(C4CCN(CCF)CC4F)cc32)n1. The quantitative estimate of drug-likeness (QED) is 0.655. The minimum Gasteiger partial charge on any atom is -0.389 e. The second kappa shape index (κ2) is 8.37. The molecule has 7 nitrogen and oxygen atoms in total. The van der Waals surface area contributed by atoms with E-state index in [1.54, 1.807) is 10.9 Å². The fourth-order valence-electron chi connectivity index (χ4n) is 4.88. The lowest BCUT2D eigenvalue weighted by Gasteiger charge is -2.37. The summed E-state index contributed by atoms with van der Waals surface area (Å²) in [5.74, 6) is 1.81. The van der Waals surface area contributed by atoms with Crippen LogP contribution in [0.2, 0.25) is 0 Å². The highest BCUT2D eigenvalue weighted by Gasteiger charge is 2.32. The molecule has 0 radical (unpaired) electrons. The zero-order valence-electron chi connectivity index (χ0n) is 18.4. The van der Waals surface area contributed by atoms with E-state index in [0.717, 1.165) is 27.8 Å². The maximum Gasteiger partial charge on any atom is 0.159 e. The largest absolute Gasteiger partial charge is 0.389 e. The van der Waals surface area contributed by atoms with Crippen LogP contribution in [0.5, 0.6) is 0 Å². The molecule has 1 aromatic carbocycles. The van der Waals surface area contributed by atoms with Gasteiger partial charge in [0.25, 0.3) is 0 Å². The van der Waals surface area contributed by atoms with Crippen molar-refractivity contribution in [2.45, 2.75) is 38.5 Å². The van der Waals surface area contributed by atoms with Gasteiger partial charge in [0.2, 0.25) is 0 Å². The van der Waals surface area contributed by atoms with Crippen LogP contribution in [-0.4, -0.2) is 81.4 Å². The van der Waals surface area contributed by atoms with Gasteiger partial charge < -0.3 is 10.0 Å². The van der Waals surface area contributed by atoms with Crippen LogP contribution in [0, 0.1) is 13.8 Å². The van der Waals surface area contributed by atoms with Crippen LogP contribution in [0.25, 0.3) is 16.7 Å². The monoisotopic (exact) mass is 442 g/mol. The van der Waals surface area contributed by atoms with Gasteiger partial charge in [-0.1, -0.05) is 0 Å². The number of hydrogen-bond donors (Lipinski definition) is 1. The molecule has 2 unspecified atom stereocenters. The van der Waals surface area contributed by atoms with E-state index in [0.29, 0.717) is 44.2 Å². The Morgan fingerprint density at radius 1 is 1.09 bits per heavy atom. The van der Waals surface area contributed by atoms with Crippen molar-refractivity contribution in [2.75, 3.05) is 44.3 Å². The van der Waals surface area contributed by atoms with Crippen molar-refractivity contribution in [1.29, 1.82) is 0 Å². The molecule has 0 bridgehead atoms.